The van der Waals surface area contributed by atoms with Crippen molar-refractivity contribution >= 4 is 11.0 Å². The van der Waals surface area contributed by atoms with Gasteiger partial charge in [-0.1, -0.05) is 31.2 Å². The number of nitrogens with zero attached hydrogens (tertiary/aromatic N) is 3. The molecule has 150 valence electrons. The van der Waals surface area contributed by atoms with Gasteiger partial charge in [0.2, 0.25) is 5.88 Å². The van der Waals surface area contributed by atoms with E-state index in [0.717, 1.165) is 23.2 Å². The molecule has 1 saturated carbocycles. The average Bonchev–Trinajstić information content (AvgIpc) is 3.35. The van der Waals surface area contributed by atoms with Crippen molar-refractivity contribution in [1.29, 1.82) is 0 Å². The molecule has 1 aliphatic carbocycles. The molecule has 0 unspecified atom stereocenters. The lowest BCUT2D eigenvalue weighted by Crippen LogP contribution is -2.31. The molecule has 0 spiro atoms. The molecule has 6 heteroatoms. The summed E-state index contributed by atoms with van der Waals surface area (Å²) in [6.45, 7) is 10.2. The summed E-state index contributed by atoms with van der Waals surface area (Å²) in [5.74, 6) is 0.678. The highest BCUT2D eigenvalue weighted by Gasteiger charge is 2.59. The Balaban J connectivity index is 1.54. The number of aromatic nitrogens is 3. The largest absolute Gasteiger partial charge is 0.438 e. The van der Waals surface area contributed by atoms with E-state index >= 15 is 0 Å². The van der Waals surface area contributed by atoms with Crippen molar-refractivity contribution in [3.63, 3.8) is 0 Å². The van der Waals surface area contributed by atoms with Crippen LogP contribution in [-0.2, 0) is 9.47 Å². The molecule has 0 amide bonds. The summed E-state index contributed by atoms with van der Waals surface area (Å²) in [7, 11) is 0. The van der Waals surface area contributed by atoms with Crippen LogP contribution in [0.15, 0.2) is 61.6 Å². The first-order chi connectivity index (χ1) is 13.9. The zero-order valence-electron chi connectivity index (χ0n) is 16.9. The third kappa shape index (κ3) is 2.94. The first-order valence-electron chi connectivity index (χ1n) is 9.94. The van der Waals surface area contributed by atoms with Crippen LogP contribution in [0.3, 0.4) is 0 Å². The summed E-state index contributed by atoms with van der Waals surface area (Å²) < 4.78 is 20.8. The van der Waals surface area contributed by atoms with Crippen molar-refractivity contribution in [3.05, 3.63) is 61.6 Å². The van der Waals surface area contributed by atoms with Gasteiger partial charge in [-0.3, -0.25) is 0 Å². The quantitative estimate of drug-likeness (QED) is 0.593. The van der Waals surface area contributed by atoms with Gasteiger partial charge in [0.15, 0.2) is 5.79 Å². The highest BCUT2D eigenvalue weighted by Crippen LogP contribution is 2.54. The molecule has 0 N–H and O–H groups in total. The Morgan fingerprint density at radius 2 is 1.93 bits per heavy atom. The molecule has 0 radical (unpaired) electrons. The fraction of sp³-hybridized carbons (Fsp3) is 0.391. The molecule has 1 aliphatic heterocycles. The maximum absolute atomic E-state index is 6.32. The Hall–Kier alpha value is -2.70. The second-order valence-electron chi connectivity index (χ2n) is 8.56. The monoisotopic (exact) mass is 391 g/mol. The Kier molecular flexibility index (Phi) is 4.05. The van der Waals surface area contributed by atoms with Gasteiger partial charge in [0, 0.05) is 11.6 Å². The Bertz CT molecular complexity index is 1060. The number of para-hydroxylation sites is 1. The van der Waals surface area contributed by atoms with Gasteiger partial charge in [0.25, 0.3) is 0 Å². The number of ether oxygens (including phenoxy) is 3. The second kappa shape index (κ2) is 6.40. The van der Waals surface area contributed by atoms with E-state index in [1.54, 1.807) is 6.33 Å². The Morgan fingerprint density at radius 1 is 1.14 bits per heavy atom. The second-order valence-corrected chi connectivity index (χ2v) is 8.56. The molecule has 3 aromatic rings. The van der Waals surface area contributed by atoms with Crippen molar-refractivity contribution in [3.8, 4) is 11.6 Å². The molecule has 2 fully saturated rings. The normalized spacial score (nSPS) is 30.4. The summed E-state index contributed by atoms with van der Waals surface area (Å²) >= 11 is 0. The lowest BCUT2D eigenvalue weighted by Gasteiger charge is -2.28. The number of benzene rings is 1. The topological polar surface area (TPSA) is 58.4 Å². The van der Waals surface area contributed by atoms with Gasteiger partial charge in [-0.2, -0.15) is 0 Å². The highest BCUT2D eigenvalue weighted by molar-refractivity contribution is 5.81. The Labute approximate surface area is 170 Å². The standard InChI is InChI=1S/C23H25N3O3/c1-5-23(4)13-17(18-19(23)29-22(2,3)28-18)26-12-11-16-20(26)24-14-25-21(16)27-15-9-7-6-8-10-15/h5-12,14,17-19H,1,13H2,2-4H3/t17-,18+,19+,23-/m1/s1. The molecular weight excluding hydrogens is 366 g/mol. The minimum Gasteiger partial charge on any atom is -0.438 e. The van der Waals surface area contributed by atoms with Gasteiger partial charge in [-0.25, -0.2) is 9.97 Å². The minimum absolute atomic E-state index is 0.0423. The molecule has 2 aromatic heterocycles. The van der Waals surface area contributed by atoms with E-state index in [1.165, 1.54) is 0 Å². The minimum atomic E-state index is -0.613. The highest BCUT2D eigenvalue weighted by atomic mass is 16.8. The molecule has 3 heterocycles. The number of rotatable bonds is 4. The lowest BCUT2D eigenvalue weighted by molar-refractivity contribution is -0.164. The van der Waals surface area contributed by atoms with E-state index < -0.39 is 5.79 Å². The van der Waals surface area contributed by atoms with Crippen LogP contribution in [0.1, 0.15) is 33.2 Å². The van der Waals surface area contributed by atoms with Gasteiger partial charge in [-0.15, -0.1) is 6.58 Å². The van der Waals surface area contributed by atoms with Crippen molar-refractivity contribution in [1.82, 2.24) is 14.5 Å². The van der Waals surface area contributed by atoms with E-state index in [4.69, 9.17) is 14.2 Å². The maximum atomic E-state index is 6.32. The van der Waals surface area contributed by atoms with Crippen LogP contribution in [0.5, 0.6) is 11.6 Å². The van der Waals surface area contributed by atoms with Gasteiger partial charge in [0.1, 0.15) is 23.8 Å². The summed E-state index contributed by atoms with van der Waals surface area (Å²) in [5.41, 5.74) is 0.659. The third-order valence-electron chi connectivity index (χ3n) is 6.06. The molecule has 6 nitrogen and oxygen atoms in total. The van der Waals surface area contributed by atoms with E-state index in [2.05, 4.69) is 28.0 Å². The van der Waals surface area contributed by atoms with Gasteiger partial charge in [-0.05, 0) is 38.5 Å². The van der Waals surface area contributed by atoms with Gasteiger partial charge in [0.05, 0.1) is 17.5 Å². The average molecular weight is 391 g/mol. The maximum Gasteiger partial charge on any atom is 0.231 e. The zero-order valence-corrected chi connectivity index (χ0v) is 16.9. The lowest BCUT2D eigenvalue weighted by atomic mass is 9.86. The van der Waals surface area contributed by atoms with Crippen LogP contribution < -0.4 is 4.74 Å². The number of fused-ring (bicyclic) bond motifs is 2. The summed E-state index contributed by atoms with van der Waals surface area (Å²) in [6.07, 6.45) is 6.34. The van der Waals surface area contributed by atoms with E-state index in [1.807, 2.05) is 62.5 Å². The van der Waals surface area contributed by atoms with Crippen LogP contribution in [-0.4, -0.2) is 32.5 Å². The van der Waals surface area contributed by atoms with Crippen molar-refractivity contribution in [2.45, 2.75) is 51.2 Å². The zero-order chi connectivity index (χ0) is 20.2. The third-order valence-corrected chi connectivity index (χ3v) is 6.06. The van der Waals surface area contributed by atoms with Crippen molar-refractivity contribution in [2.75, 3.05) is 0 Å². The van der Waals surface area contributed by atoms with Crippen LogP contribution in [0.25, 0.3) is 11.0 Å². The fourth-order valence-corrected chi connectivity index (χ4v) is 4.62. The number of hydrogen-bond donors (Lipinski definition) is 0. The van der Waals surface area contributed by atoms with Gasteiger partial charge < -0.3 is 18.8 Å². The van der Waals surface area contributed by atoms with Crippen LogP contribution in [0.4, 0.5) is 0 Å². The molecule has 0 bridgehead atoms. The fourth-order valence-electron chi connectivity index (χ4n) is 4.62. The van der Waals surface area contributed by atoms with Crippen molar-refractivity contribution in [2.24, 2.45) is 5.41 Å². The van der Waals surface area contributed by atoms with Crippen LogP contribution in [0.2, 0.25) is 0 Å². The van der Waals surface area contributed by atoms with E-state index in [9.17, 15) is 0 Å². The van der Waals surface area contributed by atoms with E-state index in [-0.39, 0.29) is 23.7 Å². The van der Waals surface area contributed by atoms with E-state index in [0.29, 0.717) is 5.88 Å². The molecule has 1 saturated heterocycles. The SMILES string of the molecule is C=C[C@]1(C)C[C@@H](n2ccc3c(Oc4ccccc4)ncnc32)[C@@H]2OC(C)(C)O[C@@H]21. The summed E-state index contributed by atoms with van der Waals surface area (Å²) in [5, 5.41) is 0.873. The summed E-state index contributed by atoms with van der Waals surface area (Å²) in [4.78, 5) is 8.92. The first kappa shape index (κ1) is 18.3. The molecular formula is C23H25N3O3. The predicted molar refractivity (Wildman–Crippen MR) is 110 cm³/mol. The molecule has 4 atom stereocenters. The predicted octanol–water partition coefficient (Wildman–Crippen LogP) is 4.88. The van der Waals surface area contributed by atoms with Crippen LogP contribution in [0, 0.1) is 5.41 Å². The first-order valence-corrected chi connectivity index (χ1v) is 9.94. The van der Waals surface area contributed by atoms with Gasteiger partial charge >= 0.3 is 0 Å². The van der Waals surface area contributed by atoms with Crippen molar-refractivity contribution < 1.29 is 14.2 Å². The Morgan fingerprint density at radius 3 is 2.69 bits per heavy atom. The molecule has 5 rings (SSSR count). The molecule has 2 aliphatic rings. The molecule has 29 heavy (non-hydrogen) atoms. The smallest absolute Gasteiger partial charge is 0.231 e. The summed E-state index contributed by atoms with van der Waals surface area (Å²) in [6, 6.07) is 11.7. The molecule has 1 aromatic carbocycles. The van der Waals surface area contributed by atoms with Crippen LogP contribution >= 0.6 is 0 Å². The number of hydrogen-bond acceptors (Lipinski definition) is 5.